The van der Waals surface area contributed by atoms with Gasteiger partial charge in [0, 0.05) is 5.92 Å². The van der Waals surface area contributed by atoms with E-state index in [4.69, 9.17) is 5.32 Å². The smallest absolute Gasteiger partial charge is 0.684 e. The summed E-state index contributed by atoms with van der Waals surface area (Å²) in [5, 5.41) is 4.80. The van der Waals surface area contributed by atoms with E-state index < -0.39 is 0 Å². The summed E-state index contributed by atoms with van der Waals surface area (Å²) in [5.41, 5.74) is 10.0. The first kappa shape index (κ1) is 24.5. The molecule has 0 fully saturated rings. The second-order valence-electron chi connectivity index (χ2n) is 5.87. The standard InChI is InChI=1S/C18H22N.3CH3.Ti/c1-11-12(2)14(4)17(13(11)3)16-9-5-7-15-8-6-10-19-18(15)16;;;;/h5,7,9,13H,6,8,10H2,1-4H3;3*1H3;/q4*-1;+4. The second-order valence-corrected chi connectivity index (χ2v) is 5.87. The molecule has 0 saturated heterocycles. The quantitative estimate of drug-likeness (QED) is 0.395. The van der Waals surface area contributed by atoms with Gasteiger partial charge in [-0.1, -0.05) is 42.7 Å². The summed E-state index contributed by atoms with van der Waals surface area (Å²) in [6.07, 6.45) is 2.37. The number of hydrogen-bond acceptors (Lipinski definition) is 0. The van der Waals surface area contributed by atoms with Crippen molar-refractivity contribution in [2.75, 3.05) is 6.54 Å². The van der Waals surface area contributed by atoms with Crippen molar-refractivity contribution in [3.63, 3.8) is 0 Å². The summed E-state index contributed by atoms with van der Waals surface area (Å²) in [6, 6.07) is 6.70. The monoisotopic (exact) mass is 345 g/mol. The average molecular weight is 345 g/mol. The Balaban J connectivity index is 0. The fourth-order valence-corrected chi connectivity index (χ4v) is 3.46. The zero-order valence-electron chi connectivity index (χ0n) is 15.9. The van der Waals surface area contributed by atoms with Gasteiger partial charge < -0.3 is 27.6 Å². The van der Waals surface area contributed by atoms with Gasteiger partial charge in [-0.25, -0.2) is 0 Å². The molecule has 3 rings (SSSR count). The molecule has 0 aromatic heterocycles. The molecule has 23 heavy (non-hydrogen) atoms. The molecule has 0 spiro atoms. The van der Waals surface area contributed by atoms with Gasteiger partial charge in [-0.05, 0) is 49.5 Å². The van der Waals surface area contributed by atoms with Gasteiger partial charge in [0.05, 0.1) is 0 Å². The minimum absolute atomic E-state index is 0. The van der Waals surface area contributed by atoms with E-state index >= 15 is 0 Å². The molecule has 0 bridgehead atoms. The predicted octanol–water partition coefficient (Wildman–Crippen LogP) is 6.75. The van der Waals surface area contributed by atoms with Crippen LogP contribution in [0.15, 0.2) is 34.9 Å². The van der Waals surface area contributed by atoms with Crippen LogP contribution in [0.2, 0.25) is 0 Å². The minimum Gasteiger partial charge on any atom is -0.684 e. The summed E-state index contributed by atoms with van der Waals surface area (Å²) >= 11 is 0. The third-order valence-corrected chi connectivity index (χ3v) is 4.92. The van der Waals surface area contributed by atoms with Crippen LogP contribution in [0.25, 0.3) is 10.9 Å². The van der Waals surface area contributed by atoms with Crippen molar-refractivity contribution in [1.29, 1.82) is 0 Å². The minimum atomic E-state index is 0. The SMILES string of the molecule is CC1=C(C)C(C)C(c2cccc3c2[N-]CCC3)=C1C.[CH3-].[CH3-].[CH3-].[Ti+4]. The Labute approximate surface area is 159 Å². The van der Waals surface area contributed by atoms with Gasteiger partial charge in [-0.3, -0.25) is 0 Å². The first-order chi connectivity index (χ1) is 9.11. The fourth-order valence-electron chi connectivity index (χ4n) is 3.46. The maximum Gasteiger partial charge on any atom is 4.00 e. The van der Waals surface area contributed by atoms with Gasteiger partial charge in [0.25, 0.3) is 0 Å². The van der Waals surface area contributed by atoms with Gasteiger partial charge in [-0.15, -0.1) is 12.2 Å². The van der Waals surface area contributed by atoms with Gasteiger partial charge >= 0.3 is 21.7 Å². The average Bonchev–Trinajstić information content (AvgIpc) is 2.63. The molecule has 1 unspecified atom stereocenters. The van der Waals surface area contributed by atoms with Crippen LogP contribution in [-0.4, -0.2) is 6.54 Å². The summed E-state index contributed by atoms with van der Waals surface area (Å²) in [6.45, 7) is 10.1. The van der Waals surface area contributed by atoms with Crippen molar-refractivity contribution in [2.24, 2.45) is 5.92 Å². The molecule has 1 aromatic carbocycles. The maximum absolute atomic E-state index is 4.80. The normalized spacial score (nSPS) is 18.7. The van der Waals surface area contributed by atoms with Crippen molar-refractivity contribution < 1.29 is 21.7 Å². The van der Waals surface area contributed by atoms with E-state index in [1.54, 1.807) is 0 Å². The molecule has 0 N–H and O–H groups in total. The molecule has 2 aliphatic rings. The van der Waals surface area contributed by atoms with Gasteiger partial charge in [0.1, 0.15) is 0 Å². The second kappa shape index (κ2) is 9.50. The molecule has 1 aliphatic heterocycles. The number of fused-ring (bicyclic) bond motifs is 1. The summed E-state index contributed by atoms with van der Waals surface area (Å²) in [7, 11) is 0. The van der Waals surface area contributed by atoms with Gasteiger partial charge in [-0.2, -0.15) is 0 Å². The van der Waals surface area contributed by atoms with Gasteiger partial charge in [0.15, 0.2) is 0 Å². The Morgan fingerprint density at radius 2 is 1.65 bits per heavy atom. The summed E-state index contributed by atoms with van der Waals surface area (Å²) in [4.78, 5) is 0. The zero-order valence-corrected chi connectivity index (χ0v) is 17.4. The van der Waals surface area contributed by atoms with Crippen molar-refractivity contribution in [1.82, 2.24) is 0 Å². The molecule has 1 aliphatic carbocycles. The number of aryl methyl sites for hydroxylation is 1. The van der Waals surface area contributed by atoms with Crippen LogP contribution in [0.3, 0.4) is 0 Å². The molecule has 1 nitrogen and oxygen atoms in total. The largest absolute Gasteiger partial charge is 4.00 e. The Kier molecular flexibility index (Phi) is 10.1. The molecule has 1 aromatic rings. The van der Waals surface area contributed by atoms with Crippen LogP contribution in [-0.2, 0) is 28.1 Å². The van der Waals surface area contributed by atoms with Crippen LogP contribution in [0.5, 0.6) is 0 Å². The third-order valence-electron chi connectivity index (χ3n) is 4.92. The molecule has 0 amide bonds. The van der Waals surface area contributed by atoms with E-state index in [-0.39, 0.29) is 44.0 Å². The summed E-state index contributed by atoms with van der Waals surface area (Å²) in [5.74, 6) is 0.531. The van der Waals surface area contributed by atoms with Crippen molar-refractivity contribution >= 4 is 11.3 Å². The van der Waals surface area contributed by atoms with E-state index in [0.29, 0.717) is 5.92 Å². The topological polar surface area (TPSA) is 14.1 Å². The van der Waals surface area contributed by atoms with Crippen molar-refractivity contribution in [2.45, 2.75) is 40.5 Å². The molecular weight excluding hydrogens is 314 g/mol. The van der Waals surface area contributed by atoms with Crippen LogP contribution in [0.1, 0.15) is 45.2 Å². The first-order valence-corrected chi connectivity index (χ1v) is 7.29. The fraction of sp³-hybridized carbons (Fsp3) is 0.381. The van der Waals surface area contributed by atoms with Crippen LogP contribution in [0, 0.1) is 28.2 Å². The third kappa shape index (κ3) is 4.01. The Morgan fingerprint density at radius 3 is 2.22 bits per heavy atom. The van der Waals surface area contributed by atoms with Crippen LogP contribution in [0.4, 0.5) is 5.69 Å². The molecule has 0 saturated carbocycles. The van der Waals surface area contributed by atoms with E-state index in [1.165, 1.54) is 51.9 Å². The van der Waals surface area contributed by atoms with E-state index in [2.05, 4.69) is 45.9 Å². The molecule has 1 heterocycles. The van der Waals surface area contributed by atoms with E-state index in [1.807, 2.05) is 0 Å². The first-order valence-electron chi connectivity index (χ1n) is 7.29. The number of hydrogen-bond donors (Lipinski definition) is 0. The summed E-state index contributed by atoms with van der Waals surface area (Å²) < 4.78 is 0. The molecular formula is C21H31NTi. The maximum atomic E-state index is 4.80. The number of nitrogens with zero attached hydrogens (tertiary/aromatic N) is 1. The van der Waals surface area contributed by atoms with E-state index in [9.17, 15) is 0 Å². The molecule has 2 heteroatoms. The number of benzene rings is 1. The zero-order chi connectivity index (χ0) is 13.6. The molecule has 0 radical (unpaired) electrons. The van der Waals surface area contributed by atoms with Crippen molar-refractivity contribution in [3.8, 4) is 0 Å². The number of rotatable bonds is 1. The Morgan fingerprint density at radius 1 is 1.00 bits per heavy atom. The number of para-hydroxylation sites is 1. The van der Waals surface area contributed by atoms with Crippen LogP contribution < -0.4 is 0 Å². The predicted molar refractivity (Wildman–Crippen MR) is 102 cm³/mol. The molecule has 1 atom stereocenters. The number of allylic oxidation sites excluding steroid dienone is 4. The van der Waals surface area contributed by atoms with Gasteiger partial charge in [0.2, 0.25) is 0 Å². The Hall–Kier alpha value is -0.786. The van der Waals surface area contributed by atoms with E-state index in [0.717, 1.165) is 6.54 Å². The van der Waals surface area contributed by atoms with Crippen molar-refractivity contribution in [3.05, 3.63) is 73.6 Å². The van der Waals surface area contributed by atoms with Crippen LogP contribution >= 0.6 is 0 Å². The Bertz CT molecular complexity index is 596. The molecule has 124 valence electrons.